The molecule has 1 unspecified atom stereocenters. The Morgan fingerprint density at radius 2 is 2.23 bits per heavy atom. The minimum absolute atomic E-state index is 0.803. The van der Waals surface area contributed by atoms with Gasteiger partial charge in [0.15, 0.2) is 0 Å². The molecule has 76 valence electrons. The number of hydrogen-bond acceptors (Lipinski definition) is 2. The molecule has 2 heteroatoms. The lowest BCUT2D eigenvalue weighted by Crippen LogP contribution is -2.36. The summed E-state index contributed by atoms with van der Waals surface area (Å²) in [7, 11) is 0. The topological polar surface area (TPSA) is 24.1 Å². The van der Waals surface area contributed by atoms with Crippen LogP contribution in [0.1, 0.15) is 27.2 Å². The van der Waals surface area contributed by atoms with Crippen molar-refractivity contribution in [3.63, 3.8) is 0 Å². The second kappa shape index (κ2) is 5.40. The van der Waals surface area contributed by atoms with Crippen LogP contribution in [0.4, 0.5) is 0 Å². The molecule has 1 fully saturated rings. The zero-order chi connectivity index (χ0) is 9.68. The molecule has 1 heterocycles. The lowest BCUT2D eigenvalue weighted by Gasteiger charge is -2.22. The summed E-state index contributed by atoms with van der Waals surface area (Å²) in [4.78, 5) is 0. The molecule has 0 aromatic heterocycles. The van der Waals surface area contributed by atoms with E-state index in [2.05, 4.69) is 31.4 Å². The maximum absolute atomic E-state index is 3.50. The van der Waals surface area contributed by atoms with Crippen molar-refractivity contribution in [2.45, 2.75) is 27.2 Å². The highest BCUT2D eigenvalue weighted by molar-refractivity contribution is 5.22. The molecule has 0 amide bonds. The molecule has 13 heavy (non-hydrogen) atoms. The first kappa shape index (κ1) is 10.7. The van der Waals surface area contributed by atoms with Gasteiger partial charge in [-0.2, -0.15) is 0 Å². The fourth-order valence-electron chi connectivity index (χ4n) is 1.33. The molecule has 0 aromatic rings. The van der Waals surface area contributed by atoms with Crippen molar-refractivity contribution < 1.29 is 0 Å². The van der Waals surface area contributed by atoms with Gasteiger partial charge in [-0.15, -0.1) is 0 Å². The van der Waals surface area contributed by atoms with Crippen molar-refractivity contribution in [1.29, 1.82) is 0 Å². The first-order valence-electron chi connectivity index (χ1n) is 5.33. The molecule has 1 aliphatic heterocycles. The van der Waals surface area contributed by atoms with E-state index in [1.54, 1.807) is 5.57 Å². The van der Waals surface area contributed by atoms with Crippen molar-refractivity contribution in [3.8, 4) is 0 Å². The highest BCUT2D eigenvalue weighted by Crippen LogP contribution is 2.07. The van der Waals surface area contributed by atoms with Crippen molar-refractivity contribution in [2.75, 3.05) is 26.2 Å². The monoisotopic (exact) mass is 182 g/mol. The summed E-state index contributed by atoms with van der Waals surface area (Å²) < 4.78 is 0. The average Bonchev–Trinajstić information content (AvgIpc) is 2.01. The average molecular weight is 182 g/mol. The highest BCUT2D eigenvalue weighted by Gasteiger charge is 2.10. The lowest BCUT2D eigenvalue weighted by atomic mass is 10.0. The van der Waals surface area contributed by atoms with Gasteiger partial charge in [-0.3, -0.25) is 0 Å². The highest BCUT2D eigenvalue weighted by atomic mass is 14.9. The van der Waals surface area contributed by atoms with Gasteiger partial charge in [0.1, 0.15) is 0 Å². The molecule has 2 N–H and O–H groups in total. The zero-order valence-corrected chi connectivity index (χ0v) is 9.11. The third-order valence-corrected chi connectivity index (χ3v) is 2.86. The Hall–Kier alpha value is -0.340. The lowest BCUT2D eigenvalue weighted by molar-refractivity contribution is 0.510. The molecule has 1 aliphatic rings. The van der Waals surface area contributed by atoms with Crippen molar-refractivity contribution >= 4 is 0 Å². The van der Waals surface area contributed by atoms with E-state index in [0.717, 1.165) is 32.1 Å². The molecular formula is C11H22N2. The van der Waals surface area contributed by atoms with E-state index in [1.807, 2.05) is 0 Å². The van der Waals surface area contributed by atoms with E-state index < -0.39 is 0 Å². The van der Waals surface area contributed by atoms with Gasteiger partial charge < -0.3 is 10.6 Å². The summed E-state index contributed by atoms with van der Waals surface area (Å²) in [5, 5.41) is 6.77. The first-order valence-corrected chi connectivity index (χ1v) is 5.33. The van der Waals surface area contributed by atoms with Crippen LogP contribution in [-0.4, -0.2) is 26.2 Å². The van der Waals surface area contributed by atoms with Gasteiger partial charge in [0, 0.05) is 19.6 Å². The third kappa shape index (κ3) is 3.49. The fourth-order valence-corrected chi connectivity index (χ4v) is 1.33. The van der Waals surface area contributed by atoms with E-state index in [1.165, 1.54) is 12.0 Å². The predicted molar refractivity (Wildman–Crippen MR) is 57.9 cm³/mol. The van der Waals surface area contributed by atoms with Crippen LogP contribution >= 0.6 is 0 Å². The van der Waals surface area contributed by atoms with Crippen molar-refractivity contribution in [1.82, 2.24) is 10.6 Å². The summed E-state index contributed by atoms with van der Waals surface area (Å²) in [5.41, 5.74) is 3.12. The third-order valence-electron chi connectivity index (χ3n) is 2.86. The quantitative estimate of drug-likeness (QED) is 0.630. The van der Waals surface area contributed by atoms with Crippen LogP contribution in [0.15, 0.2) is 11.1 Å². The second-order valence-electron chi connectivity index (χ2n) is 4.13. The Balaban J connectivity index is 2.11. The Kier molecular flexibility index (Phi) is 4.46. The Bertz CT molecular complexity index is 179. The maximum Gasteiger partial charge on any atom is 0.0183 e. The van der Waals surface area contributed by atoms with Crippen molar-refractivity contribution in [2.24, 2.45) is 5.92 Å². The standard InChI is InChI=1S/C11H22N2/c1-4-9(2)5-12-6-10(3)11-7-13-8-11/h9,12-13H,4-8H2,1-3H3. The van der Waals surface area contributed by atoms with Gasteiger partial charge >= 0.3 is 0 Å². The van der Waals surface area contributed by atoms with E-state index in [-0.39, 0.29) is 0 Å². The molecule has 1 atom stereocenters. The smallest absolute Gasteiger partial charge is 0.0183 e. The fraction of sp³-hybridized carbons (Fsp3) is 0.818. The van der Waals surface area contributed by atoms with E-state index >= 15 is 0 Å². The maximum atomic E-state index is 3.50. The van der Waals surface area contributed by atoms with Crippen LogP contribution in [0, 0.1) is 5.92 Å². The van der Waals surface area contributed by atoms with E-state index in [0.29, 0.717) is 0 Å². The van der Waals surface area contributed by atoms with E-state index in [9.17, 15) is 0 Å². The molecule has 1 rings (SSSR count). The van der Waals surface area contributed by atoms with Gasteiger partial charge in [0.2, 0.25) is 0 Å². The summed E-state index contributed by atoms with van der Waals surface area (Å²) in [6.07, 6.45) is 1.27. The van der Waals surface area contributed by atoms with Crippen LogP contribution in [0.25, 0.3) is 0 Å². The summed E-state index contributed by atoms with van der Waals surface area (Å²) >= 11 is 0. The number of hydrogen-bond donors (Lipinski definition) is 2. The Morgan fingerprint density at radius 3 is 2.69 bits per heavy atom. The normalized spacial score (nSPS) is 18.2. The summed E-state index contributed by atoms with van der Waals surface area (Å²) in [5.74, 6) is 0.803. The number of nitrogens with one attached hydrogen (secondary N) is 2. The Labute approximate surface area is 81.8 Å². The first-order chi connectivity index (χ1) is 6.24. The van der Waals surface area contributed by atoms with Gasteiger partial charge in [-0.1, -0.05) is 25.8 Å². The Morgan fingerprint density at radius 1 is 1.54 bits per heavy atom. The molecule has 0 saturated carbocycles. The second-order valence-corrected chi connectivity index (χ2v) is 4.13. The van der Waals surface area contributed by atoms with Crippen LogP contribution in [0.3, 0.4) is 0 Å². The molecular weight excluding hydrogens is 160 g/mol. The molecule has 1 saturated heterocycles. The number of rotatable bonds is 5. The molecule has 0 bridgehead atoms. The molecule has 2 nitrogen and oxygen atoms in total. The molecule has 0 aromatic carbocycles. The largest absolute Gasteiger partial charge is 0.313 e. The van der Waals surface area contributed by atoms with Gasteiger partial charge in [-0.05, 0) is 25.0 Å². The van der Waals surface area contributed by atoms with Gasteiger partial charge in [0.25, 0.3) is 0 Å². The summed E-state index contributed by atoms with van der Waals surface area (Å²) in [6, 6.07) is 0. The summed E-state index contributed by atoms with van der Waals surface area (Å²) in [6.45, 7) is 11.2. The molecule has 0 radical (unpaired) electrons. The van der Waals surface area contributed by atoms with Crippen LogP contribution in [-0.2, 0) is 0 Å². The van der Waals surface area contributed by atoms with E-state index in [4.69, 9.17) is 0 Å². The van der Waals surface area contributed by atoms with Crippen molar-refractivity contribution in [3.05, 3.63) is 11.1 Å². The SMILES string of the molecule is CCC(C)CNCC(C)=C1CNC1. The van der Waals surface area contributed by atoms with Crippen LogP contribution < -0.4 is 10.6 Å². The van der Waals surface area contributed by atoms with Gasteiger partial charge in [-0.25, -0.2) is 0 Å². The molecule has 0 aliphatic carbocycles. The molecule has 0 spiro atoms. The zero-order valence-electron chi connectivity index (χ0n) is 9.11. The minimum Gasteiger partial charge on any atom is -0.313 e. The van der Waals surface area contributed by atoms with Crippen LogP contribution in [0.2, 0.25) is 0 Å². The van der Waals surface area contributed by atoms with Gasteiger partial charge in [0.05, 0.1) is 0 Å². The predicted octanol–water partition coefficient (Wildman–Crippen LogP) is 1.54. The van der Waals surface area contributed by atoms with Crippen LogP contribution in [0.5, 0.6) is 0 Å². The minimum atomic E-state index is 0.803.